The second kappa shape index (κ2) is 3.91. The molecule has 0 aliphatic carbocycles. The van der Waals surface area contributed by atoms with Gasteiger partial charge in [-0.3, -0.25) is 14.8 Å². The maximum atomic E-state index is 11.7. The van der Waals surface area contributed by atoms with Gasteiger partial charge in [0.05, 0.1) is 0 Å². The van der Waals surface area contributed by atoms with Crippen LogP contribution in [0.4, 0.5) is 0 Å². The van der Waals surface area contributed by atoms with Gasteiger partial charge in [-0.05, 0) is 6.07 Å². The van der Waals surface area contributed by atoms with Gasteiger partial charge in [0, 0.05) is 21.0 Å². The van der Waals surface area contributed by atoms with Crippen LogP contribution < -0.4 is 11.2 Å². The number of aromatic amines is 3. The van der Waals surface area contributed by atoms with Gasteiger partial charge < -0.3 is 4.98 Å². The monoisotopic (exact) mass is 284 g/mol. The second-order valence-electron chi connectivity index (χ2n) is 4.36. The highest BCUT2D eigenvalue weighted by Crippen LogP contribution is 2.32. The maximum Gasteiger partial charge on any atom is 0.327 e. The number of thiophene rings is 1. The fraction of sp³-hybridized carbons (Fsp3) is 0. The average Bonchev–Trinajstić information content (AvgIpc) is 3.01. The molecule has 3 N–H and O–H groups in total. The fourth-order valence-electron chi connectivity index (χ4n) is 2.22. The number of H-pyrrole nitrogens is 3. The Hall–Kier alpha value is -2.67. The number of rotatable bonds is 1. The molecule has 98 valence electrons. The van der Waals surface area contributed by atoms with E-state index in [1.807, 2.05) is 29.6 Å². The van der Waals surface area contributed by atoms with E-state index in [2.05, 4.69) is 19.9 Å². The van der Waals surface area contributed by atoms with Crippen molar-refractivity contribution in [1.29, 1.82) is 0 Å². The molecule has 0 aliphatic heterocycles. The molecule has 3 heterocycles. The Morgan fingerprint density at radius 3 is 2.80 bits per heavy atom. The Balaban J connectivity index is 2.05. The van der Waals surface area contributed by atoms with E-state index < -0.39 is 11.2 Å². The zero-order valence-electron chi connectivity index (χ0n) is 10.1. The topological polar surface area (TPSA) is 94.4 Å². The van der Waals surface area contributed by atoms with E-state index in [0.717, 1.165) is 15.6 Å². The number of nitrogens with zero attached hydrogens (tertiary/aromatic N) is 1. The van der Waals surface area contributed by atoms with E-state index in [9.17, 15) is 9.59 Å². The van der Waals surface area contributed by atoms with Crippen LogP contribution in [0, 0.1) is 0 Å². The summed E-state index contributed by atoms with van der Waals surface area (Å²) >= 11 is 1.61. The number of benzene rings is 1. The number of nitrogens with one attached hydrogen (secondary N) is 3. The molecule has 0 aliphatic rings. The van der Waals surface area contributed by atoms with E-state index in [1.54, 1.807) is 11.3 Å². The van der Waals surface area contributed by atoms with Gasteiger partial charge in [0.25, 0.3) is 5.56 Å². The largest absolute Gasteiger partial charge is 0.332 e. The predicted octanol–water partition coefficient (Wildman–Crippen LogP) is 1.82. The Labute approximate surface area is 115 Å². The van der Waals surface area contributed by atoms with E-state index in [1.165, 1.54) is 0 Å². The van der Waals surface area contributed by atoms with Crippen LogP contribution in [0.5, 0.6) is 0 Å². The van der Waals surface area contributed by atoms with E-state index in [-0.39, 0.29) is 11.2 Å². The standard InChI is InChI=1S/C13H8N4O2S/c18-12-9-11(16-13(19)17-12)15-10(14-9)7-5-20-8-4-2-1-3-6(7)8/h1-5H,(H3,14,15,16,17,18,19). The van der Waals surface area contributed by atoms with E-state index in [4.69, 9.17) is 0 Å². The molecule has 0 saturated carbocycles. The van der Waals surface area contributed by atoms with Crippen molar-refractivity contribution in [2.45, 2.75) is 0 Å². The van der Waals surface area contributed by atoms with Crippen molar-refractivity contribution >= 4 is 32.6 Å². The quantitative estimate of drug-likeness (QED) is 0.497. The van der Waals surface area contributed by atoms with Gasteiger partial charge in [0.15, 0.2) is 5.65 Å². The van der Waals surface area contributed by atoms with Crippen molar-refractivity contribution in [2.24, 2.45) is 0 Å². The number of hydrogen-bond donors (Lipinski definition) is 3. The van der Waals surface area contributed by atoms with Crippen molar-refractivity contribution in [3.8, 4) is 11.4 Å². The predicted molar refractivity (Wildman–Crippen MR) is 78.2 cm³/mol. The first kappa shape index (κ1) is 11.2. The lowest BCUT2D eigenvalue weighted by Gasteiger charge is -1.93. The van der Waals surface area contributed by atoms with Crippen molar-refractivity contribution in [2.75, 3.05) is 0 Å². The van der Waals surface area contributed by atoms with Crippen LogP contribution in [-0.4, -0.2) is 19.9 Å². The van der Waals surface area contributed by atoms with Crippen LogP contribution in [0.25, 0.3) is 32.6 Å². The molecule has 4 aromatic rings. The highest BCUT2D eigenvalue weighted by atomic mass is 32.1. The van der Waals surface area contributed by atoms with Crippen molar-refractivity contribution in [3.05, 3.63) is 50.5 Å². The van der Waals surface area contributed by atoms with Gasteiger partial charge in [-0.15, -0.1) is 11.3 Å². The van der Waals surface area contributed by atoms with Gasteiger partial charge in [-0.1, -0.05) is 18.2 Å². The summed E-state index contributed by atoms with van der Waals surface area (Å²) in [5.74, 6) is 0.574. The molecule has 3 aromatic heterocycles. The lowest BCUT2D eigenvalue weighted by molar-refractivity contribution is 1.07. The maximum absolute atomic E-state index is 11.7. The molecule has 1 aromatic carbocycles. The first-order chi connectivity index (χ1) is 9.72. The Morgan fingerprint density at radius 2 is 1.90 bits per heavy atom. The minimum absolute atomic E-state index is 0.268. The summed E-state index contributed by atoms with van der Waals surface area (Å²) in [6, 6.07) is 7.96. The molecule has 0 saturated heterocycles. The number of hydrogen-bond acceptors (Lipinski definition) is 4. The summed E-state index contributed by atoms with van der Waals surface area (Å²) in [4.78, 5) is 34.9. The third-order valence-corrected chi connectivity index (χ3v) is 4.09. The molecular weight excluding hydrogens is 276 g/mol. The molecule has 0 amide bonds. The summed E-state index contributed by atoms with van der Waals surface area (Å²) in [7, 11) is 0. The van der Waals surface area contributed by atoms with Crippen LogP contribution in [0.3, 0.4) is 0 Å². The molecule has 0 fully saturated rings. The Kier molecular flexibility index (Phi) is 2.19. The van der Waals surface area contributed by atoms with E-state index in [0.29, 0.717) is 5.82 Å². The van der Waals surface area contributed by atoms with Crippen molar-refractivity contribution in [1.82, 2.24) is 19.9 Å². The van der Waals surface area contributed by atoms with Crippen LogP contribution in [0.1, 0.15) is 0 Å². The SMILES string of the molecule is O=c1[nH]c(=O)c2[nH]c(-c3csc4ccccc34)nc2[nH]1. The molecular formula is C13H8N4O2S. The fourth-order valence-corrected chi connectivity index (χ4v) is 3.17. The molecule has 0 bridgehead atoms. The zero-order valence-corrected chi connectivity index (χ0v) is 10.9. The highest BCUT2D eigenvalue weighted by molar-refractivity contribution is 7.17. The number of fused-ring (bicyclic) bond motifs is 2. The summed E-state index contributed by atoms with van der Waals surface area (Å²) in [5, 5.41) is 3.05. The zero-order chi connectivity index (χ0) is 13.7. The van der Waals surface area contributed by atoms with Gasteiger partial charge in [-0.25, -0.2) is 9.78 Å². The molecule has 0 unspecified atom stereocenters. The highest BCUT2D eigenvalue weighted by Gasteiger charge is 2.12. The molecule has 7 heteroatoms. The summed E-state index contributed by atoms with van der Waals surface area (Å²) in [5.41, 5.74) is 0.429. The lowest BCUT2D eigenvalue weighted by atomic mass is 10.2. The van der Waals surface area contributed by atoms with Gasteiger partial charge in [0.2, 0.25) is 0 Å². The molecule has 0 atom stereocenters. The summed E-state index contributed by atoms with van der Waals surface area (Å²) < 4.78 is 1.14. The van der Waals surface area contributed by atoms with Crippen LogP contribution in [0.15, 0.2) is 39.2 Å². The van der Waals surface area contributed by atoms with Gasteiger partial charge in [0.1, 0.15) is 11.3 Å². The minimum Gasteiger partial charge on any atom is -0.332 e. The van der Waals surface area contributed by atoms with E-state index >= 15 is 0 Å². The second-order valence-corrected chi connectivity index (χ2v) is 5.27. The smallest absolute Gasteiger partial charge is 0.327 e. The third kappa shape index (κ3) is 1.53. The number of aromatic nitrogens is 4. The van der Waals surface area contributed by atoms with Crippen LogP contribution in [-0.2, 0) is 0 Å². The average molecular weight is 284 g/mol. The van der Waals surface area contributed by atoms with Crippen molar-refractivity contribution < 1.29 is 0 Å². The van der Waals surface area contributed by atoms with Crippen LogP contribution >= 0.6 is 11.3 Å². The molecule has 6 nitrogen and oxygen atoms in total. The lowest BCUT2D eigenvalue weighted by Crippen LogP contribution is -2.21. The first-order valence-electron chi connectivity index (χ1n) is 5.91. The number of imidazole rings is 1. The Bertz CT molecular complexity index is 1050. The Morgan fingerprint density at radius 1 is 1.05 bits per heavy atom. The molecule has 4 rings (SSSR count). The van der Waals surface area contributed by atoms with Gasteiger partial charge >= 0.3 is 5.69 Å². The molecule has 0 spiro atoms. The summed E-state index contributed by atoms with van der Waals surface area (Å²) in [6.07, 6.45) is 0. The third-order valence-electron chi connectivity index (χ3n) is 3.13. The summed E-state index contributed by atoms with van der Waals surface area (Å²) in [6.45, 7) is 0. The molecule has 20 heavy (non-hydrogen) atoms. The van der Waals surface area contributed by atoms with Crippen LogP contribution in [0.2, 0.25) is 0 Å². The van der Waals surface area contributed by atoms with Crippen molar-refractivity contribution in [3.63, 3.8) is 0 Å². The first-order valence-corrected chi connectivity index (χ1v) is 6.79. The molecule has 0 radical (unpaired) electrons. The van der Waals surface area contributed by atoms with Gasteiger partial charge in [-0.2, -0.15) is 0 Å². The normalized spacial score (nSPS) is 11.4. The minimum atomic E-state index is -0.560.